The van der Waals surface area contributed by atoms with Crippen molar-refractivity contribution >= 4 is 11.4 Å². The van der Waals surface area contributed by atoms with Crippen LogP contribution >= 0.6 is 0 Å². The van der Waals surface area contributed by atoms with Gasteiger partial charge in [0.15, 0.2) is 5.78 Å². The van der Waals surface area contributed by atoms with Crippen LogP contribution in [0, 0.1) is 17.8 Å². The molecule has 0 amide bonds. The first kappa shape index (κ1) is 20.3. The first-order chi connectivity index (χ1) is 13.0. The predicted molar refractivity (Wildman–Crippen MR) is 119 cm³/mol. The van der Waals surface area contributed by atoms with Crippen LogP contribution in [0.4, 0.5) is 0 Å². The summed E-state index contributed by atoms with van der Waals surface area (Å²) < 4.78 is 0. The highest BCUT2D eigenvalue weighted by Gasteiger charge is 2.52. The summed E-state index contributed by atoms with van der Waals surface area (Å²) in [5.74, 6) is 0.219. The van der Waals surface area contributed by atoms with E-state index in [4.69, 9.17) is 0 Å². The predicted octanol–water partition coefficient (Wildman–Crippen LogP) is 6.92. The molecule has 0 bridgehead atoms. The average Bonchev–Trinajstić information content (AvgIpc) is 2.61. The van der Waals surface area contributed by atoms with Crippen molar-refractivity contribution in [1.29, 1.82) is 0 Å². The third kappa shape index (κ3) is 3.39. The van der Waals surface area contributed by atoms with Crippen LogP contribution in [-0.2, 0) is 10.2 Å². The minimum Gasteiger partial charge on any atom is -0.293 e. The van der Waals surface area contributed by atoms with Crippen molar-refractivity contribution in [2.24, 2.45) is 10.8 Å². The lowest BCUT2D eigenvalue weighted by atomic mass is 9.55. The normalized spacial score (nSPS) is 20.6. The SMILES string of the molecule is Cc1ccc(C2(C(C)(C)C)C=C(c3ccccc3)C=C(C(C)(C)C)C2=O)cc1. The number of aryl methyl sites for hydroxylation is 1. The molecule has 1 aliphatic rings. The molecule has 0 aromatic heterocycles. The van der Waals surface area contributed by atoms with Crippen LogP contribution in [0.15, 0.2) is 72.3 Å². The third-order valence-corrected chi connectivity index (χ3v) is 5.88. The van der Waals surface area contributed by atoms with Gasteiger partial charge in [0.05, 0.1) is 5.41 Å². The van der Waals surface area contributed by atoms with Crippen LogP contribution in [0.5, 0.6) is 0 Å². The fraction of sp³-hybridized carbons (Fsp3) is 0.370. The summed E-state index contributed by atoms with van der Waals surface area (Å²) >= 11 is 0. The van der Waals surface area contributed by atoms with Gasteiger partial charge in [0.1, 0.15) is 0 Å². The highest BCUT2D eigenvalue weighted by molar-refractivity contribution is 6.11. The maximum absolute atomic E-state index is 14.1. The van der Waals surface area contributed by atoms with E-state index in [0.29, 0.717) is 0 Å². The Kier molecular flexibility index (Phi) is 5.00. The van der Waals surface area contributed by atoms with Crippen LogP contribution in [0.25, 0.3) is 5.57 Å². The van der Waals surface area contributed by atoms with Crippen molar-refractivity contribution in [2.45, 2.75) is 53.9 Å². The minimum atomic E-state index is -0.705. The average molecular weight is 373 g/mol. The van der Waals surface area contributed by atoms with Crippen molar-refractivity contribution in [2.75, 3.05) is 0 Å². The molecule has 0 radical (unpaired) electrons. The van der Waals surface area contributed by atoms with Crippen LogP contribution in [0.1, 0.15) is 58.2 Å². The monoisotopic (exact) mass is 372 g/mol. The van der Waals surface area contributed by atoms with Gasteiger partial charge in [-0.25, -0.2) is 0 Å². The number of ketones is 1. The Morgan fingerprint density at radius 2 is 1.36 bits per heavy atom. The molecule has 0 saturated carbocycles. The Hall–Kier alpha value is -2.41. The summed E-state index contributed by atoms with van der Waals surface area (Å²) in [7, 11) is 0. The first-order valence-corrected chi connectivity index (χ1v) is 10.1. The Labute approximate surface area is 170 Å². The van der Waals surface area contributed by atoms with E-state index in [1.807, 2.05) is 6.07 Å². The van der Waals surface area contributed by atoms with Gasteiger partial charge in [-0.15, -0.1) is 0 Å². The molecule has 2 aromatic carbocycles. The Bertz CT molecular complexity index is 928. The van der Waals surface area contributed by atoms with Crippen molar-refractivity contribution in [1.82, 2.24) is 0 Å². The minimum absolute atomic E-state index is 0.219. The third-order valence-electron chi connectivity index (χ3n) is 5.88. The Balaban J connectivity index is 2.37. The highest BCUT2D eigenvalue weighted by Crippen LogP contribution is 2.51. The molecule has 2 aromatic rings. The fourth-order valence-corrected chi connectivity index (χ4v) is 4.15. The molecule has 1 heteroatoms. The second kappa shape index (κ2) is 6.88. The topological polar surface area (TPSA) is 17.1 Å². The van der Waals surface area contributed by atoms with E-state index in [1.165, 1.54) is 5.56 Å². The fourth-order valence-electron chi connectivity index (χ4n) is 4.15. The molecule has 0 saturated heterocycles. The Morgan fingerprint density at radius 3 is 1.86 bits per heavy atom. The number of rotatable bonds is 2. The van der Waals surface area contributed by atoms with Gasteiger partial charge in [0.25, 0.3) is 0 Å². The molecule has 0 spiro atoms. The van der Waals surface area contributed by atoms with Gasteiger partial charge in [-0.2, -0.15) is 0 Å². The lowest BCUT2D eigenvalue weighted by Gasteiger charge is -2.46. The zero-order chi connectivity index (χ0) is 20.7. The number of hydrogen-bond donors (Lipinski definition) is 0. The number of carbonyl (C=O) groups excluding carboxylic acids is 1. The van der Waals surface area contributed by atoms with Crippen molar-refractivity contribution in [3.05, 3.63) is 89.0 Å². The van der Waals surface area contributed by atoms with Crippen LogP contribution in [0.2, 0.25) is 0 Å². The highest BCUT2D eigenvalue weighted by atomic mass is 16.1. The molecule has 1 aliphatic carbocycles. The number of carbonyl (C=O) groups is 1. The zero-order valence-electron chi connectivity index (χ0n) is 18.3. The molecule has 1 unspecified atom stereocenters. The summed E-state index contributed by atoms with van der Waals surface area (Å²) in [6, 6.07) is 18.9. The first-order valence-electron chi connectivity index (χ1n) is 10.1. The van der Waals surface area contributed by atoms with E-state index in [9.17, 15) is 4.79 Å². The summed E-state index contributed by atoms with van der Waals surface area (Å²) in [6.45, 7) is 15.0. The zero-order valence-corrected chi connectivity index (χ0v) is 18.3. The summed E-state index contributed by atoms with van der Waals surface area (Å²) in [4.78, 5) is 14.1. The second-order valence-electron chi connectivity index (χ2n) is 10.0. The van der Waals surface area contributed by atoms with Gasteiger partial charge in [-0.05, 0) is 40.5 Å². The summed E-state index contributed by atoms with van der Waals surface area (Å²) in [5, 5.41) is 0. The van der Waals surface area contributed by atoms with Crippen LogP contribution in [0.3, 0.4) is 0 Å². The molecule has 0 fully saturated rings. The van der Waals surface area contributed by atoms with Crippen LogP contribution in [-0.4, -0.2) is 5.78 Å². The van der Waals surface area contributed by atoms with Gasteiger partial charge >= 0.3 is 0 Å². The Morgan fingerprint density at radius 1 is 0.786 bits per heavy atom. The number of Topliss-reactive ketones (excluding diaryl/α,β-unsaturated/α-hetero) is 1. The molecule has 0 heterocycles. The lowest BCUT2D eigenvalue weighted by Crippen LogP contribution is -2.49. The van der Waals surface area contributed by atoms with E-state index in [1.54, 1.807) is 0 Å². The number of benzene rings is 2. The van der Waals surface area contributed by atoms with Gasteiger partial charge in [0, 0.05) is 5.57 Å². The van der Waals surface area contributed by atoms with Crippen molar-refractivity contribution in [3.63, 3.8) is 0 Å². The maximum Gasteiger partial charge on any atom is 0.174 e. The molecule has 146 valence electrons. The largest absolute Gasteiger partial charge is 0.293 e. The molecule has 0 N–H and O–H groups in total. The van der Waals surface area contributed by atoms with E-state index in [-0.39, 0.29) is 16.6 Å². The van der Waals surface area contributed by atoms with Gasteiger partial charge in [0.2, 0.25) is 0 Å². The molecule has 28 heavy (non-hydrogen) atoms. The van der Waals surface area contributed by atoms with E-state index >= 15 is 0 Å². The van der Waals surface area contributed by atoms with E-state index in [0.717, 1.165) is 22.3 Å². The second-order valence-corrected chi connectivity index (χ2v) is 10.0. The van der Waals surface area contributed by atoms with Gasteiger partial charge in [-0.3, -0.25) is 4.79 Å². The summed E-state index contributed by atoms with van der Waals surface area (Å²) in [6.07, 6.45) is 4.32. The van der Waals surface area contributed by atoms with E-state index < -0.39 is 5.41 Å². The van der Waals surface area contributed by atoms with Crippen molar-refractivity contribution in [3.8, 4) is 0 Å². The lowest BCUT2D eigenvalue weighted by molar-refractivity contribution is -0.123. The van der Waals surface area contributed by atoms with E-state index in [2.05, 4.69) is 109 Å². The molecular formula is C27H32O. The van der Waals surface area contributed by atoms with Crippen molar-refractivity contribution < 1.29 is 4.79 Å². The molecule has 1 nitrogen and oxygen atoms in total. The quantitative estimate of drug-likeness (QED) is 0.559. The summed E-state index contributed by atoms with van der Waals surface area (Å²) in [5.41, 5.74) is 4.23. The van der Waals surface area contributed by atoms with Gasteiger partial charge < -0.3 is 0 Å². The van der Waals surface area contributed by atoms with Gasteiger partial charge in [-0.1, -0.05) is 108 Å². The molecule has 0 aliphatic heterocycles. The molecule has 3 rings (SSSR count). The number of allylic oxidation sites excluding steroid dienone is 4. The molecule has 1 atom stereocenters. The molecular weight excluding hydrogens is 340 g/mol. The smallest absolute Gasteiger partial charge is 0.174 e. The maximum atomic E-state index is 14.1. The van der Waals surface area contributed by atoms with Crippen LogP contribution < -0.4 is 0 Å². The number of hydrogen-bond acceptors (Lipinski definition) is 1. The standard InChI is InChI=1S/C27H32O/c1-19-13-15-22(16-14-19)27(26(5,6)7)18-21(20-11-9-8-10-12-20)17-23(24(27)28)25(2,3)4/h8-18H,1-7H3.